The minimum atomic E-state index is -1.19. The molecule has 0 amide bonds. The molecule has 2 N–H and O–H groups in total. The Kier molecular flexibility index (Phi) is 4.15. The third-order valence-electron chi connectivity index (χ3n) is 4.05. The Bertz CT molecular complexity index is 653. The molecule has 1 aromatic heterocycles. The van der Waals surface area contributed by atoms with Gasteiger partial charge in [0.2, 0.25) is 5.82 Å². The van der Waals surface area contributed by atoms with Crippen molar-refractivity contribution in [2.45, 2.75) is 44.1 Å². The number of anilines is 1. The zero-order valence-electron chi connectivity index (χ0n) is 12.3. The summed E-state index contributed by atoms with van der Waals surface area (Å²) in [6, 6.07) is 0. The fourth-order valence-electron chi connectivity index (χ4n) is 2.73. The first-order valence-electron chi connectivity index (χ1n) is 7.03. The van der Waals surface area contributed by atoms with Gasteiger partial charge in [0.05, 0.1) is 0 Å². The number of nitrogens with one attached hydrogen (secondary N) is 1. The van der Waals surface area contributed by atoms with E-state index in [0.29, 0.717) is 12.8 Å². The van der Waals surface area contributed by atoms with Crippen LogP contribution in [0.25, 0.3) is 0 Å². The molecule has 0 aromatic carbocycles. The van der Waals surface area contributed by atoms with Crippen molar-refractivity contribution < 1.29 is 9.90 Å². The first kappa shape index (κ1) is 15.3. The molecule has 0 atom stereocenters. The largest absolute Gasteiger partial charge is 0.480 e. The molecule has 2 rings (SSSR count). The number of carboxylic acid groups (broad SMARTS) is 1. The first-order valence-corrected chi connectivity index (χ1v) is 7.03. The maximum absolute atomic E-state index is 12.1. The van der Waals surface area contributed by atoms with Crippen molar-refractivity contribution in [2.75, 3.05) is 5.32 Å². The molecule has 1 saturated carbocycles. The van der Waals surface area contributed by atoms with Gasteiger partial charge in [-0.3, -0.25) is 9.36 Å². The molecule has 21 heavy (non-hydrogen) atoms. The third kappa shape index (κ3) is 2.84. The molecule has 1 fully saturated rings. The van der Waals surface area contributed by atoms with E-state index < -0.39 is 22.8 Å². The third-order valence-corrected chi connectivity index (χ3v) is 4.05. The zero-order chi connectivity index (χ0) is 15.6. The van der Waals surface area contributed by atoms with Crippen LogP contribution in [0.15, 0.2) is 9.59 Å². The van der Waals surface area contributed by atoms with Crippen LogP contribution in [0.5, 0.6) is 0 Å². The number of hydrogen-bond donors (Lipinski definition) is 2. The molecule has 0 radical (unpaired) electrons. The van der Waals surface area contributed by atoms with Crippen LogP contribution < -0.4 is 16.6 Å². The monoisotopic (exact) mass is 296 g/mol. The molecule has 0 saturated heterocycles. The highest BCUT2D eigenvalue weighted by Gasteiger charge is 2.39. The van der Waals surface area contributed by atoms with Crippen LogP contribution in [0.2, 0.25) is 0 Å². The Labute approximate surface area is 121 Å². The average molecular weight is 296 g/mol. The quantitative estimate of drug-likeness (QED) is 0.764. The summed E-state index contributed by atoms with van der Waals surface area (Å²) in [4.78, 5) is 35.4. The second-order valence-corrected chi connectivity index (χ2v) is 5.55. The standard InChI is InChI=1S/C13H20N4O4/c1-16-10(18)9(15-17(2)12(16)21)14-13(11(19)20)7-5-3-4-6-8-13/h3-8H2,1-2H3,(H,14,15)(H,19,20). The lowest BCUT2D eigenvalue weighted by atomic mass is 9.90. The van der Waals surface area contributed by atoms with Crippen molar-refractivity contribution >= 4 is 11.8 Å². The van der Waals surface area contributed by atoms with Gasteiger partial charge in [-0.25, -0.2) is 14.3 Å². The average Bonchev–Trinajstić information content (AvgIpc) is 2.69. The lowest BCUT2D eigenvalue weighted by molar-refractivity contribution is -0.142. The van der Waals surface area contributed by atoms with E-state index >= 15 is 0 Å². The van der Waals surface area contributed by atoms with Gasteiger partial charge in [0.1, 0.15) is 5.54 Å². The van der Waals surface area contributed by atoms with E-state index in [1.165, 1.54) is 14.1 Å². The van der Waals surface area contributed by atoms with Crippen molar-refractivity contribution in [3.63, 3.8) is 0 Å². The van der Waals surface area contributed by atoms with Crippen LogP contribution in [0.1, 0.15) is 38.5 Å². The fourth-order valence-corrected chi connectivity index (χ4v) is 2.73. The van der Waals surface area contributed by atoms with Crippen LogP contribution in [0.4, 0.5) is 5.82 Å². The Balaban J connectivity index is 2.45. The summed E-state index contributed by atoms with van der Waals surface area (Å²) in [7, 11) is 2.77. The number of aryl methyl sites for hydroxylation is 1. The summed E-state index contributed by atoms with van der Waals surface area (Å²) >= 11 is 0. The molecule has 8 nitrogen and oxygen atoms in total. The van der Waals surface area contributed by atoms with Gasteiger partial charge in [-0.15, -0.1) is 5.10 Å². The Hall–Kier alpha value is -2.12. The van der Waals surface area contributed by atoms with Crippen LogP contribution >= 0.6 is 0 Å². The number of carbonyl (C=O) groups is 1. The Morgan fingerprint density at radius 2 is 1.76 bits per heavy atom. The number of hydrogen-bond acceptors (Lipinski definition) is 5. The fraction of sp³-hybridized carbons (Fsp3) is 0.692. The first-order chi connectivity index (χ1) is 9.87. The predicted octanol–water partition coefficient (Wildman–Crippen LogP) is 0.0685. The van der Waals surface area contributed by atoms with E-state index in [1.54, 1.807) is 0 Å². The van der Waals surface area contributed by atoms with Gasteiger partial charge in [-0.2, -0.15) is 0 Å². The molecule has 1 heterocycles. The van der Waals surface area contributed by atoms with Crippen LogP contribution in [0.3, 0.4) is 0 Å². The summed E-state index contributed by atoms with van der Waals surface area (Å²) in [5.41, 5.74) is -2.34. The van der Waals surface area contributed by atoms with Crippen molar-refractivity contribution in [2.24, 2.45) is 14.1 Å². The molecule has 1 aliphatic carbocycles. The summed E-state index contributed by atoms with van der Waals surface area (Å²) in [5, 5.41) is 16.3. The lowest BCUT2D eigenvalue weighted by Gasteiger charge is -2.29. The maximum Gasteiger partial charge on any atom is 0.346 e. The molecule has 0 aliphatic heterocycles. The number of aromatic nitrogens is 3. The van der Waals surface area contributed by atoms with Crippen LogP contribution in [0, 0.1) is 0 Å². The van der Waals surface area contributed by atoms with Crippen molar-refractivity contribution in [1.29, 1.82) is 0 Å². The van der Waals surface area contributed by atoms with Gasteiger partial charge in [0.15, 0.2) is 0 Å². The van der Waals surface area contributed by atoms with Crippen LogP contribution in [-0.2, 0) is 18.9 Å². The molecule has 0 unspecified atom stereocenters. The second-order valence-electron chi connectivity index (χ2n) is 5.55. The Morgan fingerprint density at radius 3 is 2.29 bits per heavy atom. The molecular weight excluding hydrogens is 276 g/mol. The summed E-state index contributed by atoms with van der Waals surface area (Å²) in [6.45, 7) is 0. The van der Waals surface area contributed by atoms with Gasteiger partial charge in [0.25, 0.3) is 5.56 Å². The van der Waals surface area contributed by atoms with E-state index in [0.717, 1.165) is 34.9 Å². The molecule has 0 bridgehead atoms. The Morgan fingerprint density at radius 1 is 1.19 bits per heavy atom. The summed E-state index contributed by atoms with van der Waals surface area (Å²) in [6.07, 6.45) is 4.41. The number of nitrogens with zero attached hydrogens (tertiary/aromatic N) is 3. The minimum Gasteiger partial charge on any atom is -0.480 e. The van der Waals surface area contributed by atoms with Crippen molar-refractivity contribution in [1.82, 2.24) is 14.3 Å². The number of carboxylic acids is 1. The molecular formula is C13H20N4O4. The normalized spacial score (nSPS) is 18.0. The topological polar surface area (TPSA) is 106 Å². The summed E-state index contributed by atoms with van der Waals surface area (Å²) in [5.74, 6) is -1.08. The van der Waals surface area contributed by atoms with Gasteiger partial charge < -0.3 is 10.4 Å². The van der Waals surface area contributed by atoms with Gasteiger partial charge in [-0.05, 0) is 12.8 Å². The van der Waals surface area contributed by atoms with Gasteiger partial charge in [-0.1, -0.05) is 25.7 Å². The molecule has 8 heteroatoms. The highest BCUT2D eigenvalue weighted by atomic mass is 16.4. The van der Waals surface area contributed by atoms with Crippen LogP contribution in [-0.4, -0.2) is 31.0 Å². The van der Waals surface area contributed by atoms with Crippen molar-refractivity contribution in [3.8, 4) is 0 Å². The van der Waals surface area contributed by atoms with Gasteiger partial charge >= 0.3 is 11.7 Å². The minimum absolute atomic E-state index is 0.0936. The van der Waals surface area contributed by atoms with Gasteiger partial charge in [0, 0.05) is 14.1 Å². The van der Waals surface area contributed by atoms with E-state index in [9.17, 15) is 19.5 Å². The molecule has 116 valence electrons. The van der Waals surface area contributed by atoms with Crippen molar-refractivity contribution in [3.05, 3.63) is 20.8 Å². The molecule has 0 spiro atoms. The highest BCUT2D eigenvalue weighted by Crippen LogP contribution is 2.29. The molecule has 1 aromatic rings. The number of rotatable bonds is 3. The van der Waals surface area contributed by atoms with E-state index in [1.807, 2.05) is 0 Å². The zero-order valence-corrected chi connectivity index (χ0v) is 12.3. The lowest BCUT2D eigenvalue weighted by Crippen LogP contribution is -2.49. The van der Waals surface area contributed by atoms with E-state index in [-0.39, 0.29) is 5.82 Å². The van der Waals surface area contributed by atoms with E-state index in [4.69, 9.17) is 0 Å². The number of aliphatic carboxylic acids is 1. The second kappa shape index (κ2) is 5.71. The summed E-state index contributed by atoms with van der Waals surface area (Å²) < 4.78 is 1.94. The predicted molar refractivity (Wildman–Crippen MR) is 76.4 cm³/mol. The molecule has 1 aliphatic rings. The maximum atomic E-state index is 12.1. The highest BCUT2D eigenvalue weighted by molar-refractivity contribution is 5.82. The van der Waals surface area contributed by atoms with E-state index in [2.05, 4.69) is 10.4 Å². The smallest absolute Gasteiger partial charge is 0.346 e. The SMILES string of the molecule is Cn1nc(NC2(C(=O)O)CCCCCC2)c(=O)n(C)c1=O.